The van der Waals surface area contributed by atoms with Crippen LogP contribution in [0.3, 0.4) is 0 Å². The number of hydrogen-bond donors (Lipinski definition) is 2. The maximum Gasteiger partial charge on any atom is 0.286 e. The number of halogens is 1. The number of anilines is 1. The third-order valence-electron chi connectivity index (χ3n) is 5.62. The standard InChI is InChI=1S/C24H24ClN5O3S/c1-15-5-7-19(8-6-15)27-21(32)22-28-29-23(34-22)24(33)30-11-9-17(10-12-30)20(31)26-14-16-3-2-4-18(25)13-16/h2-8,13,17H,9-12,14H2,1H3,(H,26,31)(H,27,32). The van der Waals surface area contributed by atoms with Crippen LogP contribution >= 0.6 is 22.9 Å². The second kappa shape index (κ2) is 10.8. The fraction of sp³-hybridized carbons (Fsp3) is 0.292. The third-order valence-corrected chi connectivity index (χ3v) is 6.77. The van der Waals surface area contributed by atoms with E-state index in [0.29, 0.717) is 43.2 Å². The minimum Gasteiger partial charge on any atom is -0.352 e. The van der Waals surface area contributed by atoms with Gasteiger partial charge >= 0.3 is 0 Å². The van der Waals surface area contributed by atoms with E-state index in [4.69, 9.17) is 11.6 Å². The molecule has 2 N–H and O–H groups in total. The minimum absolute atomic E-state index is 0.0296. The highest BCUT2D eigenvalue weighted by molar-refractivity contribution is 7.15. The van der Waals surface area contributed by atoms with Gasteiger partial charge in [0.15, 0.2) is 0 Å². The van der Waals surface area contributed by atoms with Gasteiger partial charge in [-0.25, -0.2) is 0 Å². The lowest BCUT2D eigenvalue weighted by molar-refractivity contribution is -0.126. The molecule has 10 heteroatoms. The van der Waals surface area contributed by atoms with Crippen molar-refractivity contribution in [2.75, 3.05) is 18.4 Å². The molecule has 3 amide bonds. The van der Waals surface area contributed by atoms with Crippen LogP contribution in [0.1, 0.15) is 43.6 Å². The van der Waals surface area contributed by atoms with Crippen LogP contribution in [-0.4, -0.2) is 45.9 Å². The molecular weight excluding hydrogens is 474 g/mol. The first-order valence-corrected chi connectivity index (χ1v) is 12.1. The number of nitrogens with one attached hydrogen (secondary N) is 2. The zero-order valence-electron chi connectivity index (χ0n) is 18.6. The zero-order valence-corrected chi connectivity index (χ0v) is 20.2. The molecule has 1 fully saturated rings. The fourth-order valence-electron chi connectivity index (χ4n) is 3.68. The van der Waals surface area contributed by atoms with Crippen LogP contribution in [0, 0.1) is 12.8 Å². The Bertz CT molecular complexity index is 1190. The molecule has 1 aromatic heterocycles. The molecule has 2 heterocycles. The van der Waals surface area contributed by atoms with Crippen LogP contribution in [0.25, 0.3) is 0 Å². The molecule has 3 aromatic rings. The van der Waals surface area contributed by atoms with Crippen molar-refractivity contribution in [1.82, 2.24) is 20.4 Å². The highest BCUT2D eigenvalue weighted by Crippen LogP contribution is 2.22. The van der Waals surface area contributed by atoms with Gasteiger partial charge in [-0.3, -0.25) is 14.4 Å². The molecule has 34 heavy (non-hydrogen) atoms. The topological polar surface area (TPSA) is 104 Å². The number of piperidine rings is 1. The lowest BCUT2D eigenvalue weighted by Crippen LogP contribution is -2.42. The Labute approximate surface area is 206 Å². The number of carbonyl (C=O) groups is 3. The minimum atomic E-state index is -0.407. The number of aromatic nitrogens is 2. The van der Waals surface area contributed by atoms with Crippen LogP contribution in [0.5, 0.6) is 0 Å². The van der Waals surface area contributed by atoms with E-state index in [2.05, 4.69) is 20.8 Å². The highest BCUT2D eigenvalue weighted by atomic mass is 35.5. The largest absolute Gasteiger partial charge is 0.352 e. The van der Waals surface area contributed by atoms with Crippen LogP contribution in [-0.2, 0) is 11.3 Å². The second-order valence-electron chi connectivity index (χ2n) is 8.15. The number of benzene rings is 2. The van der Waals surface area contributed by atoms with E-state index in [1.807, 2.05) is 37.3 Å². The van der Waals surface area contributed by atoms with Gasteiger partial charge in [-0.15, -0.1) is 10.2 Å². The van der Waals surface area contributed by atoms with E-state index >= 15 is 0 Å². The zero-order chi connectivity index (χ0) is 24.1. The number of aryl methyl sites for hydroxylation is 1. The van der Waals surface area contributed by atoms with Crippen molar-refractivity contribution < 1.29 is 14.4 Å². The van der Waals surface area contributed by atoms with Gasteiger partial charge in [-0.05, 0) is 49.6 Å². The van der Waals surface area contributed by atoms with E-state index in [9.17, 15) is 14.4 Å². The Balaban J connectivity index is 1.27. The molecule has 1 aliphatic rings. The van der Waals surface area contributed by atoms with Gasteiger partial charge in [0.25, 0.3) is 11.8 Å². The first kappa shape index (κ1) is 23.8. The summed E-state index contributed by atoms with van der Waals surface area (Å²) in [6.45, 7) is 3.26. The van der Waals surface area contributed by atoms with Gasteiger partial charge in [0.1, 0.15) is 0 Å². The normalized spacial score (nSPS) is 14.0. The predicted octanol–water partition coefficient (Wildman–Crippen LogP) is 3.92. The average molecular weight is 498 g/mol. The molecule has 0 aliphatic carbocycles. The fourth-order valence-corrected chi connectivity index (χ4v) is 4.60. The molecule has 1 saturated heterocycles. The summed E-state index contributed by atoms with van der Waals surface area (Å²) in [5.74, 6) is -0.869. The SMILES string of the molecule is Cc1ccc(NC(=O)c2nnc(C(=O)N3CCC(C(=O)NCc4cccc(Cl)c4)CC3)s2)cc1. The summed E-state index contributed by atoms with van der Waals surface area (Å²) in [6, 6.07) is 14.8. The van der Waals surface area contributed by atoms with Crippen molar-refractivity contribution in [2.45, 2.75) is 26.3 Å². The molecule has 0 atom stereocenters. The first-order chi connectivity index (χ1) is 16.4. The number of rotatable bonds is 6. The molecule has 176 valence electrons. The lowest BCUT2D eigenvalue weighted by atomic mass is 9.96. The molecule has 0 spiro atoms. The Hall–Kier alpha value is -3.30. The van der Waals surface area contributed by atoms with Crippen LogP contribution in [0.2, 0.25) is 5.02 Å². The van der Waals surface area contributed by atoms with Gasteiger partial charge in [0, 0.05) is 36.3 Å². The smallest absolute Gasteiger partial charge is 0.286 e. The van der Waals surface area contributed by atoms with Crippen molar-refractivity contribution in [2.24, 2.45) is 5.92 Å². The van der Waals surface area contributed by atoms with E-state index in [1.54, 1.807) is 23.1 Å². The Kier molecular flexibility index (Phi) is 7.54. The number of likely N-dealkylation sites (tertiary alicyclic amines) is 1. The van der Waals surface area contributed by atoms with Gasteiger partial charge in [0.2, 0.25) is 15.9 Å². The average Bonchev–Trinajstić information content (AvgIpc) is 3.34. The molecular formula is C24H24ClN5O3S. The van der Waals surface area contributed by atoms with E-state index in [1.165, 1.54) is 0 Å². The van der Waals surface area contributed by atoms with Crippen LogP contribution < -0.4 is 10.6 Å². The summed E-state index contributed by atoms with van der Waals surface area (Å²) in [4.78, 5) is 39.5. The second-order valence-corrected chi connectivity index (χ2v) is 9.56. The summed E-state index contributed by atoms with van der Waals surface area (Å²) >= 11 is 6.95. The van der Waals surface area contributed by atoms with Gasteiger partial charge in [-0.2, -0.15) is 0 Å². The maximum absolute atomic E-state index is 12.8. The van der Waals surface area contributed by atoms with Crippen molar-refractivity contribution >= 4 is 46.3 Å². The quantitative estimate of drug-likeness (QED) is 0.537. The molecule has 0 saturated carbocycles. The van der Waals surface area contributed by atoms with Crippen LogP contribution in [0.4, 0.5) is 5.69 Å². The van der Waals surface area contributed by atoms with Gasteiger partial charge < -0.3 is 15.5 Å². The third kappa shape index (κ3) is 5.98. The predicted molar refractivity (Wildman–Crippen MR) is 131 cm³/mol. The Morgan fingerprint density at radius 2 is 1.76 bits per heavy atom. The lowest BCUT2D eigenvalue weighted by Gasteiger charge is -2.30. The Morgan fingerprint density at radius 3 is 2.47 bits per heavy atom. The number of carbonyl (C=O) groups excluding carboxylic acids is 3. The molecule has 1 aliphatic heterocycles. The van der Waals surface area contributed by atoms with E-state index in [-0.39, 0.29) is 27.7 Å². The number of hydrogen-bond acceptors (Lipinski definition) is 6. The van der Waals surface area contributed by atoms with Gasteiger partial charge in [0.05, 0.1) is 0 Å². The van der Waals surface area contributed by atoms with Crippen molar-refractivity contribution in [1.29, 1.82) is 0 Å². The first-order valence-electron chi connectivity index (χ1n) is 10.9. The molecule has 8 nitrogen and oxygen atoms in total. The van der Waals surface area contributed by atoms with Crippen molar-refractivity contribution in [3.63, 3.8) is 0 Å². The van der Waals surface area contributed by atoms with Crippen molar-refractivity contribution in [3.05, 3.63) is 74.7 Å². The summed E-state index contributed by atoms with van der Waals surface area (Å²) in [6.07, 6.45) is 1.12. The summed E-state index contributed by atoms with van der Waals surface area (Å²) in [5, 5.41) is 14.4. The van der Waals surface area contributed by atoms with Crippen LogP contribution in [0.15, 0.2) is 48.5 Å². The molecule has 0 bridgehead atoms. The summed E-state index contributed by atoms with van der Waals surface area (Å²) in [7, 11) is 0. The Morgan fingerprint density at radius 1 is 1.06 bits per heavy atom. The van der Waals surface area contributed by atoms with E-state index < -0.39 is 5.91 Å². The monoisotopic (exact) mass is 497 g/mol. The number of nitrogens with zero attached hydrogens (tertiary/aromatic N) is 3. The van der Waals surface area contributed by atoms with Crippen molar-refractivity contribution in [3.8, 4) is 0 Å². The molecule has 4 rings (SSSR count). The molecule has 0 unspecified atom stereocenters. The molecule has 2 aromatic carbocycles. The molecule has 0 radical (unpaired) electrons. The highest BCUT2D eigenvalue weighted by Gasteiger charge is 2.29. The number of amides is 3. The van der Waals surface area contributed by atoms with E-state index in [0.717, 1.165) is 22.5 Å². The van der Waals surface area contributed by atoms with Gasteiger partial charge in [-0.1, -0.05) is 52.8 Å². The summed E-state index contributed by atoms with van der Waals surface area (Å²) in [5.41, 5.74) is 2.67. The maximum atomic E-state index is 12.8. The summed E-state index contributed by atoms with van der Waals surface area (Å²) < 4.78 is 0.